The molecule has 0 spiro atoms. The summed E-state index contributed by atoms with van der Waals surface area (Å²) in [6.45, 7) is 2.33. The number of amidine groups is 1. The number of hydrogen-bond acceptors (Lipinski definition) is 2. The van der Waals surface area contributed by atoms with Crippen LogP contribution in [0.1, 0.15) is 77.6 Å². The second-order valence-electron chi connectivity index (χ2n) is 6.39. The van der Waals surface area contributed by atoms with Gasteiger partial charge in [-0.3, -0.25) is 4.99 Å². The van der Waals surface area contributed by atoms with Gasteiger partial charge in [-0.2, -0.15) is 0 Å². The van der Waals surface area contributed by atoms with Gasteiger partial charge in [0.25, 0.3) is 0 Å². The molecule has 18 heavy (non-hydrogen) atoms. The summed E-state index contributed by atoms with van der Waals surface area (Å²) in [5.74, 6) is 6.84. The molecule has 0 bridgehead atoms. The van der Waals surface area contributed by atoms with Gasteiger partial charge in [-0.15, -0.1) is 0 Å². The van der Waals surface area contributed by atoms with Crippen molar-refractivity contribution in [3.8, 4) is 0 Å². The first kappa shape index (κ1) is 13.9. The molecule has 0 aromatic carbocycles. The maximum atomic E-state index is 5.76. The lowest BCUT2D eigenvalue weighted by Crippen LogP contribution is -2.44. The molecule has 104 valence electrons. The van der Waals surface area contributed by atoms with Gasteiger partial charge in [0, 0.05) is 5.41 Å². The number of nitrogens with zero attached hydrogens (tertiary/aromatic N) is 1. The summed E-state index contributed by atoms with van der Waals surface area (Å²) in [5, 5.41) is 0. The Bertz CT molecular complexity index is 271. The molecule has 2 aliphatic rings. The lowest BCUT2D eigenvalue weighted by molar-refractivity contribution is 0.302. The van der Waals surface area contributed by atoms with Crippen molar-refractivity contribution in [2.45, 2.75) is 83.6 Å². The number of nitrogens with two attached hydrogens (primary N) is 1. The van der Waals surface area contributed by atoms with Gasteiger partial charge >= 0.3 is 0 Å². The summed E-state index contributed by atoms with van der Waals surface area (Å²) in [5.41, 5.74) is 3.14. The third-order valence-corrected chi connectivity index (χ3v) is 4.80. The topological polar surface area (TPSA) is 50.4 Å². The molecule has 2 saturated carbocycles. The van der Waals surface area contributed by atoms with Crippen molar-refractivity contribution in [2.75, 3.05) is 0 Å². The predicted octanol–water partition coefficient (Wildman–Crippen LogP) is 3.54. The third-order valence-electron chi connectivity index (χ3n) is 4.80. The number of rotatable bonds is 2. The minimum atomic E-state index is 0.208. The minimum absolute atomic E-state index is 0.208. The van der Waals surface area contributed by atoms with Crippen LogP contribution in [0.2, 0.25) is 0 Å². The highest BCUT2D eigenvalue weighted by Crippen LogP contribution is 2.37. The van der Waals surface area contributed by atoms with Gasteiger partial charge in [-0.05, 0) is 25.7 Å². The first-order valence-corrected chi connectivity index (χ1v) is 7.79. The molecular formula is C15H29N3. The molecule has 0 radical (unpaired) electrons. The Morgan fingerprint density at radius 2 is 1.56 bits per heavy atom. The van der Waals surface area contributed by atoms with Crippen molar-refractivity contribution >= 4 is 5.84 Å². The summed E-state index contributed by atoms with van der Waals surface area (Å²) >= 11 is 0. The van der Waals surface area contributed by atoms with Gasteiger partial charge in [0.2, 0.25) is 0 Å². The first-order valence-electron chi connectivity index (χ1n) is 7.79. The minimum Gasteiger partial charge on any atom is -0.312 e. The van der Waals surface area contributed by atoms with Crippen LogP contribution in [-0.2, 0) is 0 Å². The van der Waals surface area contributed by atoms with Crippen molar-refractivity contribution in [2.24, 2.45) is 16.3 Å². The molecule has 3 heteroatoms. The van der Waals surface area contributed by atoms with Gasteiger partial charge in [0.15, 0.2) is 0 Å². The molecular weight excluding hydrogens is 222 g/mol. The second kappa shape index (κ2) is 6.55. The maximum absolute atomic E-state index is 5.76. The lowest BCUT2D eigenvalue weighted by Gasteiger charge is -2.35. The molecule has 0 saturated heterocycles. The summed E-state index contributed by atoms with van der Waals surface area (Å²) in [6.07, 6.45) is 14.4. The Hall–Kier alpha value is -0.570. The zero-order valence-electron chi connectivity index (χ0n) is 11.9. The number of aliphatic imine (C=N–C) groups is 1. The number of nitrogens with one attached hydrogen (secondary N) is 1. The van der Waals surface area contributed by atoms with Crippen LogP contribution in [0, 0.1) is 5.41 Å². The van der Waals surface area contributed by atoms with E-state index >= 15 is 0 Å². The Balaban J connectivity index is 2.05. The van der Waals surface area contributed by atoms with Crippen LogP contribution < -0.4 is 11.3 Å². The average Bonchev–Trinajstić information content (AvgIpc) is 2.65. The normalized spacial score (nSPS) is 26.7. The molecule has 0 aromatic heterocycles. The molecule has 0 aromatic rings. The fourth-order valence-corrected chi connectivity index (χ4v) is 3.51. The molecule has 0 atom stereocenters. The number of hydrogen-bond donors (Lipinski definition) is 2. The van der Waals surface area contributed by atoms with Crippen LogP contribution in [0.4, 0.5) is 0 Å². The van der Waals surface area contributed by atoms with Crippen LogP contribution in [0.5, 0.6) is 0 Å². The molecule has 2 rings (SSSR count). The van der Waals surface area contributed by atoms with Gasteiger partial charge in [0.05, 0.1) is 6.04 Å². The van der Waals surface area contributed by atoms with Gasteiger partial charge in [-0.25, -0.2) is 5.84 Å². The zero-order valence-corrected chi connectivity index (χ0v) is 11.9. The highest BCUT2D eigenvalue weighted by atomic mass is 15.3. The van der Waals surface area contributed by atoms with E-state index in [0.29, 0.717) is 6.04 Å². The zero-order chi connectivity index (χ0) is 12.8. The van der Waals surface area contributed by atoms with Gasteiger partial charge < -0.3 is 5.43 Å². The Morgan fingerprint density at radius 3 is 2.11 bits per heavy atom. The fraction of sp³-hybridized carbons (Fsp3) is 0.933. The van der Waals surface area contributed by atoms with Crippen LogP contribution in [0.15, 0.2) is 4.99 Å². The quantitative estimate of drug-likeness (QED) is 0.259. The molecule has 0 heterocycles. The monoisotopic (exact) mass is 251 g/mol. The average molecular weight is 251 g/mol. The first-order chi connectivity index (χ1) is 8.74. The number of hydrazine groups is 1. The molecule has 0 aliphatic heterocycles. The summed E-state index contributed by atoms with van der Waals surface area (Å²) in [7, 11) is 0. The van der Waals surface area contributed by atoms with E-state index in [1.165, 1.54) is 70.6 Å². The van der Waals surface area contributed by atoms with Gasteiger partial charge in [0.1, 0.15) is 5.84 Å². The molecule has 2 fully saturated rings. The van der Waals surface area contributed by atoms with Crippen molar-refractivity contribution in [1.29, 1.82) is 0 Å². The van der Waals surface area contributed by atoms with E-state index in [9.17, 15) is 0 Å². The van der Waals surface area contributed by atoms with Crippen LogP contribution in [-0.4, -0.2) is 11.9 Å². The van der Waals surface area contributed by atoms with Crippen LogP contribution >= 0.6 is 0 Å². The maximum Gasteiger partial charge on any atom is 0.117 e. The highest BCUT2D eigenvalue weighted by Gasteiger charge is 2.32. The van der Waals surface area contributed by atoms with E-state index in [-0.39, 0.29) is 5.41 Å². The van der Waals surface area contributed by atoms with E-state index in [1.807, 2.05) is 0 Å². The molecule has 3 nitrogen and oxygen atoms in total. The van der Waals surface area contributed by atoms with Crippen molar-refractivity contribution in [3.63, 3.8) is 0 Å². The van der Waals surface area contributed by atoms with E-state index in [2.05, 4.69) is 12.3 Å². The highest BCUT2D eigenvalue weighted by molar-refractivity contribution is 5.87. The van der Waals surface area contributed by atoms with E-state index in [4.69, 9.17) is 10.8 Å². The largest absolute Gasteiger partial charge is 0.312 e. The van der Waals surface area contributed by atoms with Gasteiger partial charge in [-0.1, -0.05) is 51.9 Å². The van der Waals surface area contributed by atoms with Crippen molar-refractivity contribution < 1.29 is 0 Å². The Morgan fingerprint density at radius 1 is 1.00 bits per heavy atom. The van der Waals surface area contributed by atoms with Crippen LogP contribution in [0.3, 0.4) is 0 Å². The molecule has 0 unspecified atom stereocenters. The van der Waals surface area contributed by atoms with Crippen LogP contribution in [0.25, 0.3) is 0 Å². The molecule has 3 N–H and O–H groups in total. The smallest absolute Gasteiger partial charge is 0.117 e. The predicted molar refractivity (Wildman–Crippen MR) is 77.4 cm³/mol. The fourth-order valence-electron chi connectivity index (χ4n) is 3.51. The van der Waals surface area contributed by atoms with E-state index in [0.717, 1.165) is 5.84 Å². The lowest BCUT2D eigenvalue weighted by atomic mass is 9.74. The molecule has 2 aliphatic carbocycles. The van der Waals surface area contributed by atoms with E-state index < -0.39 is 0 Å². The van der Waals surface area contributed by atoms with Crippen molar-refractivity contribution in [1.82, 2.24) is 5.43 Å². The summed E-state index contributed by atoms with van der Waals surface area (Å²) in [6, 6.07) is 0.511. The summed E-state index contributed by atoms with van der Waals surface area (Å²) < 4.78 is 0. The van der Waals surface area contributed by atoms with E-state index in [1.54, 1.807) is 0 Å². The SMILES string of the molecule is CC1(C(=NC2CCCCCC2)NN)CCCCC1. The van der Waals surface area contributed by atoms with Crippen molar-refractivity contribution in [3.05, 3.63) is 0 Å². The Labute approximate surface area is 112 Å². The molecule has 0 amide bonds. The Kier molecular flexibility index (Phi) is 5.04. The summed E-state index contributed by atoms with van der Waals surface area (Å²) in [4.78, 5) is 4.99. The second-order valence-corrected chi connectivity index (χ2v) is 6.39. The standard InChI is InChI=1S/C15H29N3/c1-15(11-7-4-8-12-15)14(18-16)17-13-9-5-2-3-6-10-13/h13H,2-12,16H2,1H3,(H,17,18). The third kappa shape index (κ3) is 3.47.